The Kier molecular flexibility index (Phi) is 6.37. The molecule has 0 saturated carbocycles. The molecule has 0 amide bonds. The Morgan fingerprint density at radius 3 is 2.36 bits per heavy atom. The van der Waals surface area contributed by atoms with Gasteiger partial charge in [0.25, 0.3) is 0 Å². The maximum atomic E-state index is 12.4. The summed E-state index contributed by atoms with van der Waals surface area (Å²) >= 11 is 0. The van der Waals surface area contributed by atoms with Crippen molar-refractivity contribution < 1.29 is 18.3 Å². The van der Waals surface area contributed by atoms with Crippen molar-refractivity contribution >= 4 is 21.7 Å². The first-order valence-corrected chi connectivity index (χ1v) is 8.75. The van der Waals surface area contributed by atoms with Crippen molar-refractivity contribution in [2.75, 3.05) is 11.9 Å². The fourth-order valence-electron chi connectivity index (χ4n) is 1.87. The van der Waals surface area contributed by atoms with Gasteiger partial charge < -0.3 is 10.4 Å². The van der Waals surface area contributed by atoms with E-state index < -0.39 is 16.0 Å². The van der Waals surface area contributed by atoms with Crippen LogP contribution in [0.2, 0.25) is 0 Å². The molecule has 1 rings (SSSR count). The first kappa shape index (κ1) is 18.4. The van der Waals surface area contributed by atoms with Crippen LogP contribution < -0.4 is 10.0 Å². The molecule has 1 aromatic carbocycles. The number of hydrogen-bond acceptors (Lipinski definition) is 4. The largest absolute Gasteiger partial charge is 0.478 e. The predicted octanol–water partition coefficient (Wildman–Crippen LogP) is 2.53. The monoisotopic (exact) mass is 328 g/mol. The lowest BCUT2D eigenvalue weighted by atomic mass is 10.1. The zero-order valence-corrected chi connectivity index (χ0v) is 14.2. The predicted molar refractivity (Wildman–Crippen MR) is 86.8 cm³/mol. The number of carbonyl (C=O) groups is 1. The Morgan fingerprint density at radius 1 is 1.23 bits per heavy atom. The van der Waals surface area contributed by atoms with Gasteiger partial charge in [0.15, 0.2) is 0 Å². The third-order valence-electron chi connectivity index (χ3n) is 2.98. The van der Waals surface area contributed by atoms with Gasteiger partial charge in [0.1, 0.15) is 4.90 Å². The average Bonchev–Trinajstić information content (AvgIpc) is 2.37. The summed E-state index contributed by atoms with van der Waals surface area (Å²) in [5.41, 5.74) is 0.343. The molecule has 0 fully saturated rings. The molecule has 0 aliphatic heterocycles. The molecule has 0 spiro atoms. The van der Waals surface area contributed by atoms with Gasteiger partial charge in [-0.1, -0.05) is 13.8 Å². The van der Waals surface area contributed by atoms with Crippen molar-refractivity contribution in [1.29, 1.82) is 0 Å². The fourth-order valence-corrected chi connectivity index (χ4v) is 3.11. The highest BCUT2D eigenvalue weighted by atomic mass is 32.2. The number of benzene rings is 1. The van der Waals surface area contributed by atoms with Gasteiger partial charge in [-0.05, 0) is 44.4 Å². The summed E-state index contributed by atoms with van der Waals surface area (Å²) in [6.45, 7) is 8.09. The first-order chi connectivity index (χ1) is 10.1. The second kappa shape index (κ2) is 7.60. The Balaban J connectivity index is 3.16. The molecule has 0 unspecified atom stereocenters. The third kappa shape index (κ3) is 5.31. The number of rotatable bonds is 8. The van der Waals surface area contributed by atoms with Gasteiger partial charge in [0.2, 0.25) is 10.0 Å². The van der Waals surface area contributed by atoms with Crippen LogP contribution >= 0.6 is 0 Å². The first-order valence-electron chi connectivity index (χ1n) is 7.27. The van der Waals surface area contributed by atoms with Crippen LogP contribution in [0.15, 0.2) is 23.1 Å². The van der Waals surface area contributed by atoms with Crippen LogP contribution in [0.1, 0.15) is 44.5 Å². The fraction of sp³-hybridized carbons (Fsp3) is 0.533. The van der Waals surface area contributed by atoms with Crippen LogP contribution in [-0.2, 0) is 10.0 Å². The van der Waals surface area contributed by atoms with Crippen LogP contribution in [-0.4, -0.2) is 32.1 Å². The third-order valence-corrected chi connectivity index (χ3v) is 4.48. The van der Waals surface area contributed by atoms with Crippen molar-refractivity contribution in [3.8, 4) is 0 Å². The van der Waals surface area contributed by atoms with Crippen molar-refractivity contribution in [2.45, 2.75) is 45.1 Å². The maximum absolute atomic E-state index is 12.4. The number of carboxylic acid groups (broad SMARTS) is 1. The lowest BCUT2D eigenvalue weighted by Gasteiger charge is -2.16. The molecule has 22 heavy (non-hydrogen) atoms. The van der Waals surface area contributed by atoms with E-state index in [-0.39, 0.29) is 16.5 Å². The van der Waals surface area contributed by atoms with Crippen molar-refractivity contribution in [1.82, 2.24) is 4.72 Å². The van der Waals surface area contributed by atoms with E-state index in [2.05, 4.69) is 10.0 Å². The van der Waals surface area contributed by atoms with Crippen LogP contribution in [0.25, 0.3) is 0 Å². The quantitative estimate of drug-likeness (QED) is 0.681. The zero-order valence-electron chi connectivity index (χ0n) is 13.4. The van der Waals surface area contributed by atoms with Gasteiger partial charge in [-0.3, -0.25) is 0 Å². The van der Waals surface area contributed by atoms with E-state index in [1.54, 1.807) is 0 Å². The normalized spacial score (nSPS) is 11.9. The van der Waals surface area contributed by atoms with Crippen molar-refractivity contribution in [3.63, 3.8) is 0 Å². The number of carboxylic acids is 1. The Morgan fingerprint density at radius 2 is 1.86 bits per heavy atom. The van der Waals surface area contributed by atoms with E-state index >= 15 is 0 Å². The minimum atomic E-state index is -3.76. The second-order valence-corrected chi connectivity index (χ2v) is 7.63. The Hall–Kier alpha value is -1.60. The maximum Gasteiger partial charge on any atom is 0.335 e. The molecular formula is C15H24N2O4S. The van der Waals surface area contributed by atoms with Crippen molar-refractivity contribution in [2.24, 2.45) is 5.92 Å². The second-order valence-electron chi connectivity index (χ2n) is 5.90. The van der Waals surface area contributed by atoms with Gasteiger partial charge in [0.05, 0.1) is 11.3 Å². The number of anilines is 1. The van der Waals surface area contributed by atoms with Crippen LogP contribution in [0, 0.1) is 5.92 Å². The van der Waals surface area contributed by atoms with Crippen LogP contribution in [0.5, 0.6) is 0 Å². The summed E-state index contributed by atoms with van der Waals surface area (Å²) in [5, 5.41) is 12.1. The highest BCUT2D eigenvalue weighted by Crippen LogP contribution is 2.24. The molecule has 6 nitrogen and oxygen atoms in total. The number of aromatic carboxylic acids is 1. The van der Waals surface area contributed by atoms with E-state index in [0.717, 1.165) is 0 Å². The lowest BCUT2D eigenvalue weighted by Crippen LogP contribution is -2.27. The summed E-state index contributed by atoms with van der Waals surface area (Å²) in [7, 11) is -3.76. The topological polar surface area (TPSA) is 95.5 Å². The van der Waals surface area contributed by atoms with E-state index in [0.29, 0.717) is 24.6 Å². The van der Waals surface area contributed by atoms with Gasteiger partial charge >= 0.3 is 5.97 Å². The molecule has 0 atom stereocenters. The average molecular weight is 328 g/mol. The van der Waals surface area contributed by atoms with Crippen molar-refractivity contribution in [3.05, 3.63) is 23.8 Å². The van der Waals surface area contributed by atoms with Gasteiger partial charge in [0, 0.05) is 12.6 Å². The molecule has 0 heterocycles. The highest BCUT2D eigenvalue weighted by molar-refractivity contribution is 7.89. The summed E-state index contributed by atoms with van der Waals surface area (Å²) < 4.78 is 27.4. The molecule has 0 aliphatic rings. The highest BCUT2D eigenvalue weighted by Gasteiger charge is 2.21. The number of nitrogens with one attached hydrogen (secondary N) is 2. The molecule has 0 radical (unpaired) electrons. The van der Waals surface area contributed by atoms with E-state index in [4.69, 9.17) is 5.11 Å². The Bertz CT molecular complexity index is 624. The molecule has 0 bridgehead atoms. The van der Waals surface area contributed by atoms with Gasteiger partial charge in [-0.15, -0.1) is 0 Å². The zero-order chi connectivity index (χ0) is 16.9. The molecule has 0 aliphatic carbocycles. The van der Waals surface area contributed by atoms with E-state index in [9.17, 15) is 13.2 Å². The SMILES string of the molecule is CC(C)CCNS(=O)(=O)c1cc(C(=O)O)ccc1NC(C)C. The summed E-state index contributed by atoms with van der Waals surface area (Å²) in [6.07, 6.45) is 0.713. The number of hydrogen-bond donors (Lipinski definition) is 3. The lowest BCUT2D eigenvalue weighted by molar-refractivity contribution is 0.0696. The van der Waals surface area contributed by atoms with Gasteiger partial charge in [-0.2, -0.15) is 0 Å². The summed E-state index contributed by atoms with van der Waals surface area (Å²) in [5.74, 6) is -0.781. The summed E-state index contributed by atoms with van der Waals surface area (Å²) in [4.78, 5) is 11.0. The van der Waals surface area contributed by atoms with E-state index in [1.165, 1.54) is 18.2 Å². The molecule has 1 aromatic rings. The van der Waals surface area contributed by atoms with E-state index in [1.807, 2.05) is 27.7 Å². The standard InChI is InChI=1S/C15H24N2O4S/c1-10(2)7-8-16-22(20,21)14-9-12(15(18)19)5-6-13(14)17-11(3)4/h5-6,9-11,16-17H,7-8H2,1-4H3,(H,18,19). The van der Waals surface area contributed by atoms with Gasteiger partial charge in [-0.25, -0.2) is 17.9 Å². The minimum Gasteiger partial charge on any atom is -0.478 e. The molecule has 7 heteroatoms. The molecule has 3 N–H and O–H groups in total. The van der Waals surface area contributed by atoms with Crippen LogP contribution in [0.4, 0.5) is 5.69 Å². The molecular weight excluding hydrogens is 304 g/mol. The van der Waals surface area contributed by atoms with Crippen LogP contribution in [0.3, 0.4) is 0 Å². The Labute approximate surface area is 132 Å². The smallest absolute Gasteiger partial charge is 0.335 e. The molecule has 0 aromatic heterocycles. The molecule has 0 saturated heterocycles. The summed E-state index contributed by atoms with van der Waals surface area (Å²) in [6, 6.07) is 4.09. The number of sulfonamides is 1. The minimum absolute atomic E-state index is 0.0280. The molecule has 124 valence electrons.